The number of alkyl halides is 3. The summed E-state index contributed by atoms with van der Waals surface area (Å²) in [5, 5.41) is 7.91. The van der Waals surface area contributed by atoms with Crippen molar-refractivity contribution < 1.29 is 18.0 Å². The van der Waals surface area contributed by atoms with Crippen LogP contribution in [0.5, 0.6) is 0 Å². The number of halogens is 3. The number of nitrogens with one attached hydrogen (secondary N) is 3. The van der Waals surface area contributed by atoms with Crippen molar-refractivity contribution in [3.05, 3.63) is 29.8 Å². The maximum absolute atomic E-state index is 11.9. The summed E-state index contributed by atoms with van der Waals surface area (Å²) >= 11 is 0. The normalized spacial score (nSPS) is 12.8. The molecular formula is C14H20F3N3O. The number of benzene rings is 1. The Kier molecular flexibility index (Phi) is 6.48. The van der Waals surface area contributed by atoms with Crippen molar-refractivity contribution in [3.8, 4) is 0 Å². The van der Waals surface area contributed by atoms with E-state index in [-0.39, 0.29) is 6.04 Å². The van der Waals surface area contributed by atoms with Gasteiger partial charge in [0.2, 0.25) is 0 Å². The van der Waals surface area contributed by atoms with Crippen molar-refractivity contribution >= 4 is 11.7 Å². The molecule has 1 rings (SSSR count). The summed E-state index contributed by atoms with van der Waals surface area (Å²) in [5.74, 6) is 0. The highest BCUT2D eigenvalue weighted by atomic mass is 19.4. The standard InChI is InChI=1S/C14H20F3N3O/c1-3-18-10(2)11-4-6-12(7-5-11)20-13(21)19-9-8-14(15,16)17/h4-7,10,18H,3,8-9H2,1-2H3,(H2,19,20,21). The van der Waals surface area contributed by atoms with Crippen LogP contribution in [-0.4, -0.2) is 25.3 Å². The van der Waals surface area contributed by atoms with Crippen molar-refractivity contribution in [1.29, 1.82) is 0 Å². The molecule has 0 spiro atoms. The van der Waals surface area contributed by atoms with Gasteiger partial charge in [0.05, 0.1) is 6.42 Å². The molecule has 1 aromatic rings. The molecule has 21 heavy (non-hydrogen) atoms. The molecule has 3 N–H and O–H groups in total. The summed E-state index contributed by atoms with van der Waals surface area (Å²) < 4.78 is 35.8. The van der Waals surface area contributed by atoms with E-state index >= 15 is 0 Å². The highest BCUT2D eigenvalue weighted by Crippen LogP contribution is 2.18. The zero-order valence-electron chi connectivity index (χ0n) is 12.1. The molecule has 0 aromatic heterocycles. The third kappa shape index (κ3) is 6.99. The number of amides is 2. The average molecular weight is 303 g/mol. The first-order valence-electron chi connectivity index (χ1n) is 6.76. The van der Waals surface area contributed by atoms with Gasteiger partial charge in [0.25, 0.3) is 0 Å². The molecule has 0 saturated heterocycles. The summed E-state index contributed by atoms with van der Waals surface area (Å²) in [7, 11) is 0. The zero-order valence-corrected chi connectivity index (χ0v) is 12.1. The zero-order chi connectivity index (χ0) is 15.9. The maximum atomic E-state index is 11.9. The second-order valence-electron chi connectivity index (χ2n) is 4.65. The minimum atomic E-state index is -4.27. The van der Waals surface area contributed by atoms with E-state index < -0.39 is 25.2 Å². The average Bonchev–Trinajstić information content (AvgIpc) is 2.38. The van der Waals surface area contributed by atoms with Crippen LogP contribution in [0.25, 0.3) is 0 Å². The lowest BCUT2D eigenvalue weighted by atomic mass is 10.1. The Bertz CT molecular complexity index is 446. The summed E-state index contributed by atoms with van der Waals surface area (Å²) in [6.45, 7) is 4.45. The van der Waals surface area contributed by atoms with Gasteiger partial charge in [-0.2, -0.15) is 13.2 Å². The molecule has 118 valence electrons. The molecule has 0 saturated carbocycles. The molecular weight excluding hydrogens is 283 g/mol. The van der Waals surface area contributed by atoms with Gasteiger partial charge in [-0.1, -0.05) is 19.1 Å². The fourth-order valence-corrected chi connectivity index (χ4v) is 1.77. The van der Waals surface area contributed by atoms with E-state index in [4.69, 9.17) is 0 Å². The third-order valence-corrected chi connectivity index (χ3v) is 2.87. The summed E-state index contributed by atoms with van der Waals surface area (Å²) in [6, 6.07) is 6.70. The van der Waals surface area contributed by atoms with Gasteiger partial charge < -0.3 is 16.0 Å². The summed E-state index contributed by atoms with van der Waals surface area (Å²) in [5.41, 5.74) is 1.60. The second kappa shape index (κ2) is 7.87. The molecule has 1 unspecified atom stereocenters. The van der Waals surface area contributed by atoms with Gasteiger partial charge in [-0.25, -0.2) is 4.79 Å². The van der Waals surface area contributed by atoms with Crippen LogP contribution in [0.15, 0.2) is 24.3 Å². The maximum Gasteiger partial charge on any atom is 0.390 e. The van der Waals surface area contributed by atoms with Crippen LogP contribution in [-0.2, 0) is 0 Å². The highest BCUT2D eigenvalue weighted by Gasteiger charge is 2.26. The lowest BCUT2D eigenvalue weighted by Crippen LogP contribution is -2.31. The number of hydrogen-bond acceptors (Lipinski definition) is 2. The largest absolute Gasteiger partial charge is 0.390 e. The lowest BCUT2D eigenvalue weighted by molar-refractivity contribution is -0.132. The van der Waals surface area contributed by atoms with Gasteiger partial charge in [-0.3, -0.25) is 0 Å². The van der Waals surface area contributed by atoms with Crippen LogP contribution in [0.4, 0.5) is 23.7 Å². The number of carbonyl (C=O) groups excluding carboxylic acids is 1. The van der Waals surface area contributed by atoms with Gasteiger partial charge >= 0.3 is 12.2 Å². The predicted octanol–water partition coefficient (Wildman–Crippen LogP) is 3.43. The Labute approximate surface area is 122 Å². The Morgan fingerprint density at radius 2 is 1.86 bits per heavy atom. The quantitative estimate of drug-likeness (QED) is 0.754. The lowest BCUT2D eigenvalue weighted by Gasteiger charge is -2.13. The molecule has 0 aliphatic heterocycles. The molecule has 1 aromatic carbocycles. The van der Waals surface area contributed by atoms with Crippen LogP contribution in [0.2, 0.25) is 0 Å². The van der Waals surface area contributed by atoms with Crippen LogP contribution in [0, 0.1) is 0 Å². The van der Waals surface area contributed by atoms with Crippen LogP contribution < -0.4 is 16.0 Å². The fraction of sp³-hybridized carbons (Fsp3) is 0.500. The first-order valence-corrected chi connectivity index (χ1v) is 6.76. The van der Waals surface area contributed by atoms with Crippen LogP contribution in [0.1, 0.15) is 31.9 Å². The van der Waals surface area contributed by atoms with Crippen molar-refractivity contribution in [2.45, 2.75) is 32.5 Å². The third-order valence-electron chi connectivity index (χ3n) is 2.87. The van der Waals surface area contributed by atoms with Crippen LogP contribution >= 0.6 is 0 Å². The molecule has 2 amide bonds. The van der Waals surface area contributed by atoms with Gasteiger partial charge in [-0.15, -0.1) is 0 Å². The summed E-state index contributed by atoms with van der Waals surface area (Å²) in [6.07, 6.45) is -5.31. The Hall–Kier alpha value is -1.76. The SMILES string of the molecule is CCNC(C)c1ccc(NC(=O)NCCC(F)(F)F)cc1. The smallest absolute Gasteiger partial charge is 0.338 e. The van der Waals surface area contributed by atoms with E-state index in [0.29, 0.717) is 5.69 Å². The molecule has 0 radical (unpaired) electrons. The molecule has 0 heterocycles. The molecule has 7 heteroatoms. The minimum Gasteiger partial charge on any atom is -0.338 e. The first-order chi connectivity index (χ1) is 9.81. The van der Waals surface area contributed by atoms with E-state index in [0.717, 1.165) is 12.1 Å². The monoisotopic (exact) mass is 303 g/mol. The van der Waals surface area contributed by atoms with Crippen molar-refractivity contribution in [1.82, 2.24) is 10.6 Å². The Morgan fingerprint density at radius 1 is 1.24 bits per heavy atom. The molecule has 4 nitrogen and oxygen atoms in total. The first kappa shape index (κ1) is 17.3. The van der Waals surface area contributed by atoms with Crippen LogP contribution in [0.3, 0.4) is 0 Å². The summed E-state index contributed by atoms with van der Waals surface area (Å²) in [4.78, 5) is 11.4. The number of hydrogen-bond donors (Lipinski definition) is 3. The predicted molar refractivity (Wildman–Crippen MR) is 76.2 cm³/mol. The van der Waals surface area contributed by atoms with E-state index in [1.165, 1.54) is 0 Å². The van der Waals surface area contributed by atoms with Crippen molar-refractivity contribution in [3.63, 3.8) is 0 Å². The number of carbonyl (C=O) groups is 1. The van der Waals surface area contributed by atoms with Crippen molar-refractivity contribution in [2.24, 2.45) is 0 Å². The molecule has 0 fully saturated rings. The van der Waals surface area contributed by atoms with Crippen molar-refractivity contribution in [2.75, 3.05) is 18.4 Å². The fourth-order valence-electron chi connectivity index (χ4n) is 1.77. The molecule has 0 aliphatic carbocycles. The van der Waals surface area contributed by atoms with Gasteiger partial charge in [0.15, 0.2) is 0 Å². The van der Waals surface area contributed by atoms with E-state index in [1.54, 1.807) is 12.1 Å². The van der Waals surface area contributed by atoms with E-state index in [9.17, 15) is 18.0 Å². The number of rotatable bonds is 6. The molecule has 0 bridgehead atoms. The van der Waals surface area contributed by atoms with Gasteiger partial charge in [0, 0.05) is 18.3 Å². The molecule has 1 atom stereocenters. The Morgan fingerprint density at radius 3 is 2.38 bits per heavy atom. The van der Waals surface area contributed by atoms with E-state index in [1.807, 2.05) is 26.0 Å². The second-order valence-corrected chi connectivity index (χ2v) is 4.65. The number of anilines is 1. The minimum absolute atomic E-state index is 0.199. The number of urea groups is 1. The van der Waals surface area contributed by atoms with Gasteiger partial charge in [-0.05, 0) is 31.2 Å². The molecule has 0 aliphatic rings. The topological polar surface area (TPSA) is 53.2 Å². The highest BCUT2D eigenvalue weighted by molar-refractivity contribution is 5.89. The Balaban J connectivity index is 2.43. The van der Waals surface area contributed by atoms with Gasteiger partial charge in [0.1, 0.15) is 0 Å². The van der Waals surface area contributed by atoms with E-state index in [2.05, 4.69) is 16.0 Å².